The number of hydrogen-bond donors (Lipinski definition) is 1. The smallest absolute Gasteiger partial charge is 0.433 e. The highest BCUT2D eigenvalue weighted by molar-refractivity contribution is 7.89. The maximum atomic E-state index is 12.7. The molecule has 0 unspecified atom stereocenters. The van der Waals surface area contributed by atoms with Crippen LogP contribution in [0, 0.1) is 0 Å². The van der Waals surface area contributed by atoms with Crippen molar-refractivity contribution in [2.24, 2.45) is 0 Å². The van der Waals surface area contributed by atoms with Gasteiger partial charge in [-0.25, -0.2) is 22.8 Å². The van der Waals surface area contributed by atoms with Gasteiger partial charge in [-0.05, 0) is 43.5 Å². The van der Waals surface area contributed by atoms with Gasteiger partial charge in [0.2, 0.25) is 15.9 Å². The van der Waals surface area contributed by atoms with Crippen molar-refractivity contribution in [1.82, 2.24) is 19.5 Å². The van der Waals surface area contributed by atoms with E-state index < -0.39 is 39.4 Å². The summed E-state index contributed by atoms with van der Waals surface area (Å²) >= 11 is 0. The highest BCUT2D eigenvalue weighted by Crippen LogP contribution is 2.47. The third kappa shape index (κ3) is 5.98. The van der Waals surface area contributed by atoms with Crippen molar-refractivity contribution in [3.63, 3.8) is 0 Å². The van der Waals surface area contributed by atoms with Crippen molar-refractivity contribution >= 4 is 10.0 Å². The Hall–Kier alpha value is -3.13. The minimum Gasteiger partial charge on any atom is -0.438 e. The van der Waals surface area contributed by atoms with Crippen LogP contribution in [0.15, 0.2) is 48.7 Å². The summed E-state index contributed by atoms with van der Waals surface area (Å²) < 4.78 is 110. The zero-order chi connectivity index (χ0) is 26.4. The summed E-state index contributed by atoms with van der Waals surface area (Å²) in [5, 5.41) is 4.42. The second-order valence-corrected chi connectivity index (χ2v) is 10.0. The van der Waals surface area contributed by atoms with Gasteiger partial charge in [-0.1, -0.05) is 18.2 Å². The molecular formula is C22H20F6N4O3S. The molecule has 7 nitrogen and oxygen atoms in total. The van der Waals surface area contributed by atoms with Crippen molar-refractivity contribution in [2.45, 2.75) is 44.2 Å². The van der Waals surface area contributed by atoms with Gasteiger partial charge in [-0.15, -0.1) is 0 Å². The summed E-state index contributed by atoms with van der Waals surface area (Å²) in [7, 11) is -4.60. The lowest BCUT2D eigenvalue weighted by atomic mass is 10.0. The number of sulfonamides is 1. The van der Waals surface area contributed by atoms with Crippen LogP contribution in [0.4, 0.5) is 26.3 Å². The zero-order valence-corrected chi connectivity index (χ0v) is 19.5. The van der Waals surface area contributed by atoms with Crippen molar-refractivity contribution in [2.75, 3.05) is 5.75 Å². The predicted octanol–water partition coefficient (Wildman–Crippen LogP) is 5.25. The van der Waals surface area contributed by atoms with Crippen LogP contribution in [0.25, 0.3) is 11.3 Å². The van der Waals surface area contributed by atoms with Gasteiger partial charge in [-0.2, -0.15) is 31.4 Å². The number of aromatic nitrogens is 3. The number of pyridine rings is 1. The van der Waals surface area contributed by atoms with E-state index in [4.69, 9.17) is 4.74 Å². The number of nitrogens with zero attached hydrogens (tertiary/aromatic N) is 3. The number of aryl methyl sites for hydroxylation is 1. The van der Waals surface area contributed by atoms with Crippen LogP contribution in [-0.2, 0) is 28.3 Å². The Kier molecular flexibility index (Phi) is 6.54. The molecule has 194 valence electrons. The van der Waals surface area contributed by atoms with Crippen molar-refractivity contribution < 1.29 is 39.5 Å². The monoisotopic (exact) mass is 534 g/mol. The third-order valence-corrected chi connectivity index (χ3v) is 6.87. The minimum atomic E-state index is -4.87. The molecule has 14 heteroatoms. The molecular weight excluding hydrogens is 514 g/mol. The Morgan fingerprint density at radius 1 is 1.08 bits per heavy atom. The Bertz CT molecular complexity index is 1350. The lowest BCUT2D eigenvalue weighted by Crippen LogP contribution is -2.40. The maximum absolute atomic E-state index is 12.7. The zero-order valence-electron chi connectivity index (χ0n) is 18.7. The molecule has 0 spiro atoms. The molecule has 1 N–H and O–H groups in total. The van der Waals surface area contributed by atoms with Crippen molar-refractivity contribution in [1.29, 1.82) is 0 Å². The molecule has 0 amide bonds. The summed E-state index contributed by atoms with van der Waals surface area (Å²) in [6.45, 7) is 2.14. The largest absolute Gasteiger partial charge is 0.438 e. The fraction of sp³-hybridized carbons (Fsp3) is 0.364. The van der Waals surface area contributed by atoms with Crippen LogP contribution in [0.2, 0.25) is 0 Å². The van der Waals surface area contributed by atoms with Crippen molar-refractivity contribution in [3.8, 4) is 22.9 Å². The standard InChI is InChI=1S/C22H20F6N4O3S/c1-2-32-19(35-16-6-7-18(29-12-16)22(26,27)28)11-17(30-32)14-4-3-5-15(10-14)20(8-9-20)31-36(33,34)13-21(23,24)25/h3-7,10-12,31H,2,8-9,13H2,1H3. The molecule has 1 saturated carbocycles. The highest BCUT2D eigenvalue weighted by atomic mass is 32.2. The molecule has 1 fully saturated rings. The Morgan fingerprint density at radius 2 is 1.81 bits per heavy atom. The lowest BCUT2D eigenvalue weighted by Gasteiger charge is -2.19. The fourth-order valence-electron chi connectivity index (χ4n) is 3.68. The van der Waals surface area contributed by atoms with Gasteiger partial charge >= 0.3 is 12.4 Å². The summed E-state index contributed by atoms with van der Waals surface area (Å²) in [5.74, 6) is -1.68. The van der Waals surface area contributed by atoms with E-state index in [0.717, 1.165) is 18.3 Å². The maximum Gasteiger partial charge on any atom is 0.433 e. The van der Waals surface area contributed by atoms with E-state index in [-0.39, 0.29) is 11.6 Å². The van der Waals surface area contributed by atoms with Crippen molar-refractivity contribution in [3.05, 3.63) is 59.9 Å². The highest BCUT2D eigenvalue weighted by Gasteiger charge is 2.49. The SMILES string of the molecule is CCn1nc(-c2cccc(C3(NS(=O)(=O)CC(F)(F)F)CC3)c2)cc1Oc1ccc(C(F)(F)F)nc1. The van der Waals surface area contributed by atoms with Gasteiger partial charge in [0.15, 0.2) is 5.75 Å². The number of benzene rings is 1. The summed E-state index contributed by atoms with van der Waals surface area (Å²) in [5.41, 5.74) is -0.722. The topological polar surface area (TPSA) is 86.1 Å². The number of halogens is 6. The van der Waals surface area contributed by atoms with Gasteiger partial charge in [0.1, 0.15) is 11.4 Å². The molecule has 1 aromatic carbocycles. The average molecular weight is 534 g/mol. The predicted molar refractivity (Wildman–Crippen MR) is 117 cm³/mol. The number of ether oxygens (including phenoxy) is 1. The number of nitrogens with one attached hydrogen (secondary N) is 1. The second kappa shape index (κ2) is 9.07. The molecule has 4 rings (SSSR count). The first kappa shape index (κ1) is 25.9. The van der Waals surface area contributed by atoms with E-state index in [2.05, 4.69) is 14.8 Å². The van der Waals surface area contributed by atoms with E-state index >= 15 is 0 Å². The normalized spacial score (nSPS) is 15.6. The summed E-state index contributed by atoms with van der Waals surface area (Å²) in [4.78, 5) is 3.36. The van der Waals surface area contributed by atoms with Crippen LogP contribution in [-0.4, -0.2) is 35.1 Å². The van der Waals surface area contributed by atoms with Crippen LogP contribution >= 0.6 is 0 Å². The summed E-state index contributed by atoms with van der Waals surface area (Å²) in [6.07, 6.45) is -7.82. The fourth-order valence-corrected chi connectivity index (χ4v) is 5.10. The molecule has 1 aliphatic rings. The first-order valence-corrected chi connectivity index (χ1v) is 12.3. The van der Waals surface area contributed by atoms with Gasteiger partial charge in [-0.3, -0.25) is 0 Å². The first-order chi connectivity index (χ1) is 16.7. The van der Waals surface area contributed by atoms with Gasteiger partial charge in [0.25, 0.3) is 0 Å². The number of rotatable bonds is 8. The molecule has 2 heterocycles. The lowest BCUT2D eigenvalue weighted by molar-refractivity contribution is -0.141. The van der Waals surface area contributed by atoms with E-state index in [1.54, 1.807) is 37.3 Å². The van der Waals surface area contributed by atoms with E-state index in [9.17, 15) is 34.8 Å². The first-order valence-electron chi connectivity index (χ1n) is 10.7. The van der Waals surface area contributed by atoms with Gasteiger partial charge in [0.05, 0.1) is 17.4 Å². The molecule has 36 heavy (non-hydrogen) atoms. The van der Waals surface area contributed by atoms with Gasteiger partial charge in [0, 0.05) is 18.2 Å². The Balaban J connectivity index is 1.57. The molecule has 0 radical (unpaired) electrons. The van der Waals surface area contributed by atoms with Crippen LogP contribution in [0.1, 0.15) is 31.0 Å². The average Bonchev–Trinajstić information content (AvgIpc) is 3.42. The molecule has 3 aromatic rings. The molecule has 0 bridgehead atoms. The number of alkyl halides is 6. The van der Waals surface area contributed by atoms with Crippen LogP contribution in [0.5, 0.6) is 11.6 Å². The van der Waals surface area contributed by atoms with E-state index in [1.165, 1.54) is 4.68 Å². The third-order valence-electron chi connectivity index (χ3n) is 5.46. The van der Waals surface area contributed by atoms with Crippen LogP contribution in [0.3, 0.4) is 0 Å². The number of hydrogen-bond acceptors (Lipinski definition) is 5. The van der Waals surface area contributed by atoms with E-state index in [0.29, 0.717) is 36.2 Å². The molecule has 0 atom stereocenters. The van der Waals surface area contributed by atoms with Gasteiger partial charge < -0.3 is 4.74 Å². The molecule has 0 saturated heterocycles. The van der Waals surface area contributed by atoms with E-state index in [1.807, 2.05) is 0 Å². The molecule has 0 aliphatic heterocycles. The quantitative estimate of drug-likeness (QED) is 0.399. The molecule has 1 aliphatic carbocycles. The summed E-state index contributed by atoms with van der Waals surface area (Å²) in [6, 6.07) is 10.1. The Morgan fingerprint density at radius 3 is 2.36 bits per heavy atom. The molecule has 2 aromatic heterocycles. The second-order valence-electron chi connectivity index (χ2n) is 8.30. The van der Waals surface area contributed by atoms with Crippen LogP contribution < -0.4 is 9.46 Å². The Labute approximate surface area is 202 Å². The minimum absolute atomic E-state index is 0.0638.